The second-order valence-corrected chi connectivity index (χ2v) is 5.16. The van der Waals surface area contributed by atoms with Gasteiger partial charge >= 0.3 is 0 Å². The molecule has 1 aromatic carbocycles. The van der Waals surface area contributed by atoms with Gasteiger partial charge in [-0.3, -0.25) is 0 Å². The maximum absolute atomic E-state index is 9.11. The largest absolute Gasteiger partial charge is 0.497 e. The van der Waals surface area contributed by atoms with Gasteiger partial charge in [-0.25, -0.2) is 0 Å². The zero-order valence-electron chi connectivity index (χ0n) is 10.3. The number of aliphatic hydroxyl groups excluding tert-OH is 1. The van der Waals surface area contributed by atoms with Crippen LogP contribution in [0.15, 0.2) is 18.2 Å². The quantitative estimate of drug-likeness (QED) is 0.848. The van der Waals surface area contributed by atoms with Crippen molar-refractivity contribution in [2.75, 3.05) is 13.7 Å². The molecule has 0 amide bonds. The fourth-order valence-corrected chi connectivity index (χ4v) is 2.82. The molecule has 0 spiro atoms. The third kappa shape index (κ3) is 1.71. The summed E-state index contributed by atoms with van der Waals surface area (Å²) in [7, 11) is 1.70. The van der Waals surface area contributed by atoms with E-state index in [9.17, 15) is 0 Å². The molecule has 0 aliphatic heterocycles. The van der Waals surface area contributed by atoms with Crippen molar-refractivity contribution in [1.29, 1.82) is 0 Å². The molecule has 2 rings (SSSR count). The summed E-state index contributed by atoms with van der Waals surface area (Å²) in [6.07, 6.45) is 1.96. The van der Waals surface area contributed by atoms with E-state index in [0.29, 0.717) is 5.92 Å². The summed E-state index contributed by atoms with van der Waals surface area (Å²) in [5.41, 5.74) is 2.93. The van der Waals surface area contributed by atoms with E-state index in [1.54, 1.807) is 7.11 Å². The summed E-state index contributed by atoms with van der Waals surface area (Å²) >= 11 is 0. The van der Waals surface area contributed by atoms with E-state index in [-0.39, 0.29) is 12.0 Å². The smallest absolute Gasteiger partial charge is 0.119 e. The van der Waals surface area contributed by atoms with Crippen molar-refractivity contribution in [3.05, 3.63) is 29.3 Å². The average molecular weight is 220 g/mol. The van der Waals surface area contributed by atoms with Crippen molar-refractivity contribution in [3.8, 4) is 5.75 Å². The lowest BCUT2D eigenvalue weighted by atomic mass is 9.77. The van der Waals surface area contributed by atoms with E-state index in [1.807, 2.05) is 6.07 Å². The summed E-state index contributed by atoms with van der Waals surface area (Å²) in [6, 6.07) is 6.33. The second-order valence-electron chi connectivity index (χ2n) is 5.16. The third-order valence-electron chi connectivity index (χ3n) is 3.98. The van der Waals surface area contributed by atoms with Crippen molar-refractivity contribution in [3.63, 3.8) is 0 Å². The number of rotatable bonds is 3. The first-order valence-corrected chi connectivity index (χ1v) is 5.88. The van der Waals surface area contributed by atoms with Gasteiger partial charge in [-0.2, -0.15) is 0 Å². The summed E-state index contributed by atoms with van der Waals surface area (Å²) in [4.78, 5) is 0. The van der Waals surface area contributed by atoms with E-state index in [4.69, 9.17) is 9.84 Å². The van der Waals surface area contributed by atoms with Crippen LogP contribution in [0.3, 0.4) is 0 Å². The summed E-state index contributed by atoms with van der Waals surface area (Å²) in [6.45, 7) is 4.80. The lowest BCUT2D eigenvalue weighted by Gasteiger charge is -2.28. The van der Waals surface area contributed by atoms with E-state index < -0.39 is 0 Å². The summed E-state index contributed by atoms with van der Waals surface area (Å²) in [5, 5.41) is 9.11. The SMILES string of the molecule is COc1ccc2c(c1)C(C)(C)C(CCO)C2. The zero-order chi connectivity index (χ0) is 11.8. The number of fused-ring (bicyclic) bond motifs is 1. The monoisotopic (exact) mass is 220 g/mol. The molecule has 0 aromatic heterocycles. The number of hydrogen-bond acceptors (Lipinski definition) is 2. The summed E-state index contributed by atoms with van der Waals surface area (Å²) < 4.78 is 5.28. The molecule has 0 fully saturated rings. The van der Waals surface area contributed by atoms with Crippen molar-refractivity contribution in [1.82, 2.24) is 0 Å². The van der Waals surface area contributed by atoms with Crippen LogP contribution < -0.4 is 4.74 Å². The first kappa shape index (κ1) is 11.5. The number of aliphatic hydroxyl groups is 1. The van der Waals surface area contributed by atoms with Gasteiger partial charge in [-0.1, -0.05) is 19.9 Å². The molecule has 2 heteroatoms. The molecule has 0 saturated heterocycles. The number of ether oxygens (including phenoxy) is 1. The normalized spacial score (nSPS) is 21.9. The van der Waals surface area contributed by atoms with Crippen LogP contribution in [-0.4, -0.2) is 18.8 Å². The minimum atomic E-state index is 0.145. The number of hydrogen-bond donors (Lipinski definition) is 1. The molecule has 1 unspecified atom stereocenters. The van der Waals surface area contributed by atoms with Gasteiger partial charge < -0.3 is 9.84 Å². The standard InChI is InChI=1S/C14H20O2/c1-14(2)11(6-7-15)8-10-4-5-12(16-3)9-13(10)14/h4-5,9,11,15H,6-8H2,1-3H3. The van der Waals surface area contributed by atoms with Gasteiger partial charge in [0.25, 0.3) is 0 Å². The molecule has 0 saturated carbocycles. The Morgan fingerprint density at radius 3 is 2.81 bits per heavy atom. The highest BCUT2D eigenvalue weighted by Crippen LogP contribution is 2.45. The molecule has 1 aliphatic carbocycles. The van der Waals surface area contributed by atoms with Crippen molar-refractivity contribution in [2.24, 2.45) is 5.92 Å². The third-order valence-corrected chi connectivity index (χ3v) is 3.98. The van der Waals surface area contributed by atoms with Gasteiger partial charge in [-0.15, -0.1) is 0 Å². The molecule has 88 valence electrons. The molecular weight excluding hydrogens is 200 g/mol. The van der Waals surface area contributed by atoms with Gasteiger partial charge in [0.1, 0.15) is 5.75 Å². The van der Waals surface area contributed by atoms with Crippen molar-refractivity contribution < 1.29 is 9.84 Å². The van der Waals surface area contributed by atoms with Crippen molar-refractivity contribution >= 4 is 0 Å². The first-order chi connectivity index (χ1) is 7.59. The van der Waals surface area contributed by atoms with Gasteiger partial charge in [0.05, 0.1) is 7.11 Å². The van der Waals surface area contributed by atoms with Crippen LogP contribution in [-0.2, 0) is 11.8 Å². The molecule has 16 heavy (non-hydrogen) atoms. The molecular formula is C14H20O2. The first-order valence-electron chi connectivity index (χ1n) is 5.88. The van der Waals surface area contributed by atoms with Crippen LogP contribution in [0.25, 0.3) is 0 Å². The molecule has 0 heterocycles. The maximum Gasteiger partial charge on any atom is 0.119 e. The highest BCUT2D eigenvalue weighted by atomic mass is 16.5. The van der Waals surface area contributed by atoms with Gasteiger partial charge in [-0.05, 0) is 47.4 Å². The summed E-state index contributed by atoms with van der Waals surface area (Å²) in [5.74, 6) is 1.47. The van der Waals surface area contributed by atoms with Gasteiger partial charge in [0.15, 0.2) is 0 Å². The lowest BCUT2D eigenvalue weighted by Crippen LogP contribution is -2.24. The lowest BCUT2D eigenvalue weighted by molar-refractivity contribution is 0.222. The highest BCUT2D eigenvalue weighted by Gasteiger charge is 2.38. The Bertz CT molecular complexity index is 382. The van der Waals surface area contributed by atoms with E-state index >= 15 is 0 Å². The van der Waals surface area contributed by atoms with Crippen LogP contribution in [0.5, 0.6) is 5.75 Å². The number of benzene rings is 1. The highest BCUT2D eigenvalue weighted by molar-refractivity contribution is 5.44. The van der Waals surface area contributed by atoms with Crippen LogP contribution in [0.1, 0.15) is 31.4 Å². The topological polar surface area (TPSA) is 29.5 Å². The Morgan fingerprint density at radius 1 is 1.44 bits per heavy atom. The minimum Gasteiger partial charge on any atom is -0.497 e. The predicted molar refractivity (Wildman–Crippen MR) is 64.9 cm³/mol. The Morgan fingerprint density at radius 2 is 2.19 bits per heavy atom. The minimum absolute atomic E-state index is 0.145. The van der Waals surface area contributed by atoms with Gasteiger partial charge in [0.2, 0.25) is 0 Å². The van der Waals surface area contributed by atoms with E-state index in [0.717, 1.165) is 18.6 Å². The molecule has 1 aliphatic rings. The van der Waals surface area contributed by atoms with E-state index in [1.165, 1.54) is 11.1 Å². The fraction of sp³-hybridized carbons (Fsp3) is 0.571. The van der Waals surface area contributed by atoms with Gasteiger partial charge in [0, 0.05) is 6.61 Å². The average Bonchev–Trinajstić information content (AvgIpc) is 2.51. The zero-order valence-corrected chi connectivity index (χ0v) is 10.3. The van der Waals surface area contributed by atoms with Crippen LogP contribution >= 0.6 is 0 Å². The predicted octanol–water partition coefficient (Wildman–Crippen LogP) is 2.53. The Hall–Kier alpha value is -1.02. The Labute approximate surface area is 97.3 Å². The van der Waals surface area contributed by atoms with Crippen LogP contribution in [0, 0.1) is 5.92 Å². The Balaban J connectivity index is 2.37. The second kappa shape index (κ2) is 4.10. The fourth-order valence-electron chi connectivity index (χ4n) is 2.82. The molecule has 0 bridgehead atoms. The van der Waals surface area contributed by atoms with Crippen molar-refractivity contribution in [2.45, 2.75) is 32.1 Å². The molecule has 1 atom stereocenters. The molecule has 1 aromatic rings. The van der Waals surface area contributed by atoms with Crippen LogP contribution in [0.2, 0.25) is 0 Å². The number of methoxy groups -OCH3 is 1. The Kier molecular flexibility index (Phi) is 2.94. The molecule has 1 N–H and O–H groups in total. The maximum atomic E-state index is 9.11. The van der Waals surface area contributed by atoms with Crippen LogP contribution in [0.4, 0.5) is 0 Å². The molecule has 2 nitrogen and oxygen atoms in total. The van der Waals surface area contributed by atoms with E-state index in [2.05, 4.69) is 26.0 Å². The molecule has 0 radical (unpaired) electrons.